The van der Waals surface area contributed by atoms with Gasteiger partial charge in [-0.05, 0) is 19.1 Å². The number of rotatable bonds is 6. The fourth-order valence-corrected chi connectivity index (χ4v) is 2.72. The molecular weight excluding hydrogens is 302 g/mol. The van der Waals surface area contributed by atoms with E-state index in [0.29, 0.717) is 12.4 Å². The summed E-state index contributed by atoms with van der Waals surface area (Å²) in [4.78, 5) is -0.428. The highest BCUT2D eigenvalue weighted by Crippen LogP contribution is 2.26. The zero-order valence-corrected chi connectivity index (χ0v) is 12.0. The van der Waals surface area contributed by atoms with Gasteiger partial charge in [0.2, 0.25) is 9.84 Å². The lowest BCUT2D eigenvalue weighted by molar-refractivity contribution is 0.235. The summed E-state index contributed by atoms with van der Waals surface area (Å²) in [6, 6.07) is 5.54. The molecule has 0 aliphatic rings. The van der Waals surface area contributed by atoms with E-state index in [2.05, 4.69) is 15.5 Å². The molecule has 2 rings (SSSR count). The van der Waals surface area contributed by atoms with Crippen LogP contribution in [0.1, 0.15) is 12.7 Å². The molecule has 0 saturated heterocycles. The summed E-state index contributed by atoms with van der Waals surface area (Å²) in [5.74, 6) is -2.87. The SMILES string of the molecule is CCn1cnnc1CNc1ccccc1S(=O)(=O)C(F)F. The molecule has 2 aromatic rings. The number of halogens is 2. The number of benzene rings is 1. The van der Waals surface area contributed by atoms with Crippen LogP contribution in [0.25, 0.3) is 0 Å². The van der Waals surface area contributed by atoms with Crippen LogP contribution in [0.5, 0.6) is 0 Å². The second-order valence-corrected chi connectivity index (χ2v) is 6.07. The molecule has 0 unspecified atom stereocenters. The number of hydrogen-bond acceptors (Lipinski definition) is 5. The Morgan fingerprint density at radius 1 is 1.33 bits per heavy atom. The lowest BCUT2D eigenvalue weighted by Gasteiger charge is -2.12. The van der Waals surface area contributed by atoms with Crippen molar-refractivity contribution in [1.29, 1.82) is 0 Å². The number of aromatic nitrogens is 3. The van der Waals surface area contributed by atoms with Crippen LogP contribution in [-0.2, 0) is 22.9 Å². The summed E-state index contributed by atoms with van der Waals surface area (Å²) in [6.07, 6.45) is 1.54. The first-order valence-electron chi connectivity index (χ1n) is 6.18. The van der Waals surface area contributed by atoms with E-state index in [9.17, 15) is 17.2 Å². The lowest BCUT2D eigenvalue weighted by atomic mass is 10.3. The molecule has 1 heterocycles. The Morgan fingerprint density at radius 2 is 2.05 bits per heavy atom. The molecule has 21 heavy (non-hydrogen) atoms. The Balaban J connectivity index is 2.26. The Hall–Kier alpha value is -2.03. The monoisotopic (exact) mass is 316 g/mol. The van der Waals surface area contributed by atoms with Crippen LogP contribution in [0.4, 0.5) is 14.5 Å². The fourth-order valence-electron chi connectivity index (χ4n) is 1.81. The van der Waals surface area contributed by atoms with Gasteiger partial charge in [-0.1, -0.05) is 12.1 Å². The van der Waals surface area contributed by atoms with Gasteiger partial charge in [0.1, 0.15) is 6.33 Å². The minimum atomic E-state index is -4.65. The van der Waals surface area contributed by atoms with Gasteiger partial charge < -0.3 is 9.88 Å². The molecule has 0 spiro atoms. The second kappa shape index (κ2) is 6.17. The Morgan fingerprint density at radius 3 is 2.71 bits per heavy atom. The highest BCUT2D eigenvalue weighted by Gasteiger charge is 2.28. The number of nitrogens with zero attached hydrogens (tertiary/aromatic N) is 3. The predicted molar refractivity (Wildman–Crippen MR) is 72.7 cm³/mol. The van der Waals surface area contributed by atoms with Crippen LogP contribution in [0, 0.1) is 0 Å². The molecule has 0 fully saturated rings. The van der Waals surface area contributed by atoms with Crippen molar-refractivity contribution in [3.05, 3.63) is 36.4 Å². The number of para-hydroxylation sites is 1. The van der Waals surface area contributed by atoms with E-state index in [0.717, 1.165) is 6.07 Å². The van der Waals surface area contributed by atoms with Crippen molar-refractivity contribution in [3.8, 4) is 0 Å². The molecule has 6 nitrogen and oxygen atoms in total. The fraction of sp³-hybridized carbons (Fsp3) is 0.333. The van der Waals surface area contributed by atoms with Crippen molar-refractivity contribution >= 4 is 15.5 Å². The molecule has 0 aliphatic carbocycles. The van der Waals surface area contributed by atoms with Gasteiger partial charge in [-0.3, -0.25) is 0 Å². The van der Waals surface area contributed by atoms with Crippen molar-refractivity contribution in [1.82, 2.24) is 14.8 Å². The summed E-state index contributed by atoms with van der Waals surface area (Å²) in [7, 11) is -4.65. The third-order valence-corrected chi connectivity index (χ3v) is 4.34. The maximum absolute atomic E-state index is 12.7. The van der Waals surface area contributed by atoms with E-state index < -0.39 is 20.5 Å². The largest absolute Gasteiger partial charge is 0.377 e. The molecule has 114 valence electrons. The highest BCUT2D eigenvalue weighted by molar-refractivity contribution is 7.91. The van der Waals surface area contributed by atoms with Crippen LogP contribution in [0.2, 0.25) is 0 Å². The Labute approximate surface area is 120 Å². The predicted octanol–water partition coefficient (Wildman–Crippen LogP) is 1.91. The number of nitrogens with one attached hydrogen (secondary N) is 1. The van der Waals surface area contributed by atoms with Crippen LogP contribution >= 0.6 is 0 Å². The lowest BCUT2D eigenvalue weighted by Crippen LogP contribution is -2.15. The molecule has 0 amide bonds. The van der Waals surface area contributed by atoms with Crippen LogP contribution in [-0.4, -0.2) is 28.9 Å². The highest BCUT2D eigenvalue weighted by atomic mass is 32.2. The van der Waals surface area contributed by atoms with E-state index in [1.54, 1.807) is 17.0 Å². The zero-order valence-electron chi connectivity index (χ0n) is 11.2. The van der Waals surface area contributed by atoms with E-state index in [-0.39, 0.29) is 12.2 Å². The molecule has 0 radical (unpaired) electrons. The molecule has 0 aliphatic heterocycles. The Kier molecular flexibility index (Phi) is 4.51. The number of alkyl halides is 2. The third-order valence-electron chi connectivity index (χ3n) is 2.90. The van der Waals surface area contributed by atoms with Gasteiger partial charge in [-0.25, -0.2) is 8.42 Å². The van der Waals surface area contributed by atoms with Crippen LogP contribution < -0.4 is 5.32 Å². The topological polar surface area (TPSA) is 76.9 Å². The first kappa shape index (κ1) is 15.4. The molecular formula is C12H14F2N4O2S. The van der Waals surface area contributed by atoms with Crippen molar-refractivity contribution in [2.45, 2.75) is 30.7 Å². The molecule has 0 saturated carbocycles. The second-order valence-electron chi connectivity index (χ2n) is 4.19. The molecule has 9 heteroatoms. The normalized spacial score (nSPS) is 11.8. The quantitative estimate of drug-likeness (QED) is 0.881. The number of hydrogen-bond donors (Lipinski definition) is 1. The molecule has 1 N–H and O–H groups in total. The van der Waals surface area contributed by atoms with E-state index in [1.165, 1.54) is 12.1 Å². The van der Waals surface area contributed by atoms with Crippen molar-refractivity contribution in [2.75, 3.05) is 5.32 Å². The molecule has 0 atom stereocenters. The maximum Gasteiger partial charge on any atom is 0.341 e. The van der Waals surface area contributed by atoms with Crippen molar-refractivity contribution < 1.29 is 17.2 Å². The molecule has 1 aromatic heterocycles. The van der Waals surface area contributed by atoms with E-state index in [4.69, 9.17) is 0 Å². The number of aryl methyl sites for hydroxylation is 1. The zero-order chi connectivity index (χ0) is 15.5. The van der Waals surface area contributed by atoms with Crippen LogP contribution in [0.15, 0.2) is 35.5 Å². The number of sulfone groups is 1. The molecule has 1 aromatic carbocycles. The van der Waals surface area contributed by atoms with E-state index >= 15 is 0 Å². The van der Waals surface area contributed by atoms with Crippen molar-refractivity contribution in [2.24, 2.45) is 0 Å². The van der Waals surface area contributed by atoms with Gasteiger partial charge in [0.15, 0.2) is 5.82 Å². The summed E-state index contributed by atoms with van der Waals surface area (Å²) in [5, 5.41) is 10.4. The maximum atomic E-state index is 12.7. The summed E-state index contributed by atoms with van der Waals surface area (Å²) in [6.45, 7) is 2.74. The van der Waals surface area contributed by atoms with Crippen LogP contribution in [0.3, 0.4) is 0 Å². The minimum Gasteiger partial charge on any atom is -0.377 e. The van der Waals surface area contributed by atoms with Gasteiger partial charge >= 0.3 is 5.76 Å². The van der Waals surface area contributed by atoms with E-state index in [1.807, 2.05) is 6.92 Å². The first-order valence-corrected chi connectivity index (χ1v) is 7.73. The summed E-state index contributed by atoms with van der Waals surface area (Å²) < 4.78 is 50.3. The van der Waals surface area contributed by atoms with Crippen molar-refractivity contribution in [3.63, 3.8) is 0 Å². The average Bonchev–Trinajstić information content (AvgIpc) is 2.92. The van der Waals surface area contributed by atoms with Gasteiger partial charge in [-0.15, -0.1) is 10.2 Å². The smallest absolute Gasteiger partial charge is 0.341 e. The third kappa shape index (κ3) is 3.18. The number of anilines is 1. The van der Waals surface area contributed by atoms with Gasteiger partial charge in [0.25, 0.3) is 0 Å². The summed E-state index contributed by atoms with van der Waals surface area (Å²) >= 11 is 0. The minimum absolute atomic E-state index is 0.114. The summed E-state index contributed by atoms with van der Waals surface area (Å²) in [5.41, 5.74) is 0.114. The van der Waals surface area contributed by atoms with Gasteiger partial charge in [0.05, 0.1) is 17.1 Å². The standard InChI is InChI=1S/C12H14F2N4O2S/c1-2-18-8-16-17-11(18)7-15-9-5-3-4-6-10(9)21(19,20)12(13)14/h3-6,8,12,15H,2,7H2,1H3. The van der Waals surface area contributed by atoms with Gasteiger partial charge in [0, 0.05) is 6.54 Å². The first-order chi connectivity index (χ1) is 9.96. The Bertz CT molecular complexity index is 716. The van der Waals surface area contributed by atoms with Gasteiger partial charge in [-0.2, -0.15) is 8.78 Å². The molecule has 0 bridgehead atoms. The average molecular weight is 316 g/mol.